The zero-order valence-electron chi connectivity index (χ0n) is 39.8. The van der Waals surface area contributed by atoms with Crippen molar-refractivity contribution >= 4 is 0 Å². The van der Waals surface area contributed by atoms with Crippen LogP contribution in [0.1, 0.15) is 48.8 Å². The normalized spacial score (nSPS) is 20.2. The number of benzene rings is 8. The Morgan fingerprint density at radius 1 is 0.338 bits per heavy atom. The van der Waals surface area contributed by atoms with Crippen LogP contribution in [0.2, 0.25) is 0 Å². The van der Waals surface area contributed by atoms with Gasteiger partial charge in [-0.05, 0) is 177 Å². The van der Waals surface area contributed by atoms with E-state index < -0.39 is 0 Å². The molecule has 0 atom stereocenters. The van der Waals surface area contributed by atoms with Crippen molar-refractivity contribution in [3.05, 3.63) is 229 Å². The highest BCUT2D eigenvalue weighted by atomic mass is 15.0. The molecule has 340 valence electrons. The highest BCUT2D eigenvalue weighted by Crippen LogP contribution is 2.69. The van der Waals surface area contributed by atoms with E-state index in [0.29, 0.717) is 29.3 Å². The number of aryl methyl sites for hydroxylation is 1. The summed E-state index contributed by atoms with van der Waals surface area (Å²) in [4.78, 5) is 20.8. The van der Waals surface area contributed by atoms with Gasteiger partial charge in [0.15, 0.2) is 17.5 Å². The van der Waals surface area contributed by atoms with Crippen LogP contribution in [0.15, 0.2) is 212 Å². The molecule has 2 aromatic heterocycles. The topological polar surface area (TPSA) is 51.6 Å². The summed E-state index contributed by atoms with van der Waals surface area (Å²) < 4.78 is 0. The molecule has 4 bridgehead atoms. The predicted molar refractivity (Wildman–Crippen MR) is 289 cm³/mol. The van der Waals surface area contributed by atoms with Gasteiger partial charge in [-0.2, -0.15) is 0 Å². The molecule has 0 amide bonds. The Bertz CT molecular complexity index is 3510. The van der Waals surface area contributed by atoms with Crippen molar-refractivity contribution in [3.63, 3.8) is 0 Å². The lowest BCUT2D eigenvalue weighted by molar-refractivity contribution is -0.0399. The SMILES string of the molecule is Cc1ccccc1-c1cc(-c2ccc3c(c2)C2(c4ccc(-c5ccccn5)cc4-3)C3CC4CC(C3)CC2C4)cc(-c2nc(-c3ccc(-c4ccccc4)cc3)nc(-c3ccc(-c4ccccc4)cc3)n2)c1. The van der Waals surface area contributed by atoms with E-state index in [9.17, 15) is 0 Å². The summed E-state index contributed by atoms with van der Waals surface area (Å²) >= 11 is 0. The lowest BCUT2D eigenvalue weighted by Crippen LogP contribution is -2.55. The second-order valence-corrected chi connectivity index (χ2v) is 20.7. The molecule has 0 aliphatic heterocycles. The van der Waals surface area contributed by atoms with Gasteiger partial charge in [-0.3, -0.25) is 4.98 Å². The molecule has 15 rings (SSSR count). The fraction of sp³-hybridized carbons (Fsp3) is 0.164. The Kier molecular flexibility index (Phi) is 9.91. The lowest BCUT2D eigenvalue weighted by Gasteiger charge is -2.61. The smallest absolute Gasteiger partial charge is 0.164 e. The minimum atomic E-state index is 0.0112. The minimum Gasteiger partial charge on any atom is -0.256 e. The van der Waals surface area contributed by atoms with E-state index in [1.807, 2.05) is 12.3 Å². The molecule has 4 heteroatoms. The molecule has 4 saturated carbocycles. The van der Waals surface area contributed by atoms with Crippen LogP contribution in [0, 0.1) is 30.6 Å². The van der Waals surface area contributed by atoms with Crippen LogP contribution in [0.3, 0.4) is 0 Å². The van der Waals surface area contributed by atoms with E-state index in [2.05, 4.69) is 207 Å². The maximum absolute atomic E-state index is 5.37. The van der Waals surface area contributed by atoms with Gasteiger partial charge < -0.3 is 0 Å². The summed E-state index contributed by atoms with van der Waals surface area (Å²) in [7, 11) is 0. The van der Waals surface area contributed by atoms with E-state index in [0.717, 1.165) is 56.5 Å². The van der Waals surface area contributed by atoms with Crippen molar-refractivity contribution in [2.45, 2.75) is 44.4 Å². The van der Waals surface area contributed by atoms with Crippen LogP contribution in [-0.2, 0) is 5.41 Å². The molecule has 8 aromatic carbocycles. The first kappa shape index (κ1) is 41.9. The summed E-state index contributed by atoms with van der Waals surface area (Å²) in [6.45, 7) is 2.21. The first-order valence-electron chi connectivity index (χ1n) is 25.5. The van der Waals surface area contributed by atoms with Gasteiger partial charge >= 0.3 is 0 Å². The van der Waals surface area contributed by atoms with Gasteiger partial charge in [0.2, 0.25) is 0 Å². The summed E-state index contributed by atoms with van der Waals surface area (Å²) in [5.74, 6) is 4.95. The first-order valence-corrected chi connectivity index (χ1v) is 25.5. The fourth-order valence-electron chi connectivity index (χ4n) is 13.7. The zero-order valence-corrected chi connectivity index (χ0v) is 39.8. The largest absolute Gasteiger partial charge is 0.256 e. The summed E-state index contributed by atoms with van der Waals surface area (Å²) in [6, 6.07) is 75.0. The van der Waals surface area contributed by atoms with Gasteiger partial charge in [-0.25, -0.2) is 15.0 Å². The summed E-state index contributed by atoms with van der Waals surface area (Å²) in [5, 5.41) is 0. The highest BCUT2D eigenvalue weighted by Gasteiger charge is 2.61. The van der Waals surface area contributed by atoms with Crippen molar-refractivity contribution in [1.82, 2.24) is 19.9 Å². The molecule has 71 heavy (non-hydrogen) atoms. The molecule has 0 N–H and O–H groups in total. The van der Waals surface area contributed by atoms with E-state index in [4.69, 9.17) is 19.9 Å². The number of hydrogen-bond donors (Lipinski definition) is 0. The van der Waals surface area contributed by atoms with E-state index in [1.165, 1.54) is 82.2 Å². The minimum absolute atomic E-state index is 0.0112. The molecule has 1 spiro atoms. The monoisotopic (exact) mass is 912 g/mol. The number of pyridine rings is 1. The lowest BCUT2D eigenvalue weighted by atomic mass is 9.43. The molecule has 5 aliphatic carbocycles. The number of nitrogens with zero attached hydrogens (tertiary/aromatic N) is 4. The van der Waals surface area contributed by atoms with Crippen molar-refractivity contribution in [1.29, 1.82) is 0 Å². The van der Waals surface area contributed by atoms with Gasteiger partial charge in [-0.15, -0.1) is 0 Å². The van der Waals surface area contributed by atoms with Crippen LogP contribution in [0.5, 0.6) is 0 Å². The third kappa shape index (κ3) is 7.10. The quantitative estimate of drug-likeness (QED) is 0.152. The van der Waals surface area contributed by atoms with Crippen LogP contribution in [0.25, 0.3) is 101 Å². The standard InChI is InChI=1S/C67H52N4/c1-42-12-8-9-17-58(42)54-37-53(51-27-29-59-60-40-52(63-18-10-11-31-68-63)28-30-61(60)67(62(59)41-51)56-33-43-32-44(35-56)36-57(67)34-43)38-55(39-54)66-70-64(49-23-19-47(20-24-49)45-13-4-2-5-14-45)69-65(71-66)50-25-21-48(22-26-50)46-15-6-3-7-16-46/h2-31,37-41,43-44,56-57H,32-36H2,1H3. The molecule has 2 heterocycles. The molecule has 0 saturated heterocycles. The van der Waals surface area contributed by atoms with Gasteiger partial charge in [0.1, 0.15) is 0 Å². The Labute approximate surface area is 416 Å². The second-order valence-electron chi connectivity index (χ2n) is 20.7. The number of fused-ring (bicyclic) bond motifs is 3. The molecular weight excluding hydrogens is 861 g/mol. The average Bonchev–Trinajstić information content (AvgIpc) is 3.73. The molecule has 10 aromatic rings. The molecule has 0 unspecified atom stereocenters. The first-order chi connectivity index (χ1) is 35.0. The zero-order chi connectivity index (χ0) is 47.0. The van der Waals surface area contributed by atoms with Gasteiger partial charge in [-0.1, -0.05) is 164 Å². The number of hydrogen-bond acceptors (Lipinski definition) is 4. The Morgan fingerprint density at radius 2 is 0.845 bits per heavy atom. The predicted octanol–water partition coefficient (Wildman–Crippen LogP) is 16.6. The van der Waals surface area contributed by atoms with Crippen molar-refractivity contribution in [2.75, 3.05) is 0 Å². The fourth-order valence-corrected chi connectivity index (χ4v) is 13.7. The van der Waals surface area contributed by atoms with E-state index in [1.54, 1.807) is 5.56 Å². The maximum Gasteiger partial charge on any atom is 0.164 e. The maximum atomic E-state index is 5.37. The molecule has 4 nitrogen and oxygen atoms in total. The Hall–Kier alpha value is -8.08. The Morgan fingerprint density at radius 3 is 1.45 bits per heavy atom. The number of rotatable bonds is 8. The number of aromatic nitrogens is 4. The van der Waals surface area contributed by atoms with Crippen molar-refractivity contribution < 1.29 is 0 Å². The molecular formula is C67H52N4. The summed E-state index contributed by atoms with van der Waals surface area (Å²) in [5.41, 5.74) is 21.6. The molecule has 5 aliphatic rings. The Balaban J connectivity index is 0.940. The average molecular weight is 913 g/mol. The van der Waals surface area contributed by atoms with Crippen LogP contribution >= 0.6 is 0 Å². The van der Waals surface area contributed by atoms with Crippen LogP contribution in [-0.4, -0.2) is 19.9 Å². The van der Waals surface area contributed by atoms with Crippen molar-refractivity contribution in [2.24, 2.45) is 23.7 Å². The van der Waals surface area contributed by atoms with Gasteiger partial charge in [0, 0.05) is 33.9 Å². The van der Waals surface area contributed by atoms with Crippen LogP contribution in [0.4, 0.5) is 0 Å². The third-order valence-electron chi connectivity index (χ3n) is 16.7. The van der Waals surface area contributed by atoms with Crippen LogP contribution < -0.4 is 0 Å². The van der Waals surface area contributed by atoms with Crippen molar-refractivity contribution in [3.8, 4) is 101 Å². The van der Waals surface area contributed by atoms with E-state index in [-0.39, 0.29) is 5.41 Å². The summed E-state index contributed by atoms with van der Waals surface area (Å²) in [6.07, 6.45) is 8.66. The molecule has 0 radical (unpaired) electrons. The van der Waals surface area contributed by atoms with Gasteiger partial charge in [0.05, 0.1) is 5.69 Å². The van der Waals surface area contributed by atoms with Gasteiger partial charge in [0.25, 0.3) is 0 Å². The molecule has 4 fully saturated rings. The highest BCUT2D eigenvalue weighted by molar-refractivity contribution is 5.89. The van der Waals surface area contributed by atoms with E-state index >= 15 is 0 Å². The second kappa shape index (κ2) is 16.8. The third-order valence-corrected chi connectivity index (χ3v) is 16.7.